The third kappa shape index (κ3) is 6.16. The molecule has 44 heavy (non-hydrogen) atoms. The SMILES string of the molecule is [B]C([B])(Oc1cccc(-c2cc(F)c(Cc3nc4ccc(C(=O)O)cc4n3CCOC)cc2F)n1)c1ccc(C#N)cc1F. The van der Waals surface area contributed by atoms with E-state index < -0.39 is 28.8 Å². The topological polar surface area (TPSA) is 110 Å². The van der Waals surface area contributed by atoms with Crippen LogP contribution in [0.25, 0.3) is 22.3 Å². The Morgan fingerprint density at radius 1 is 1.02 bits per heavy atom. The highest BCUT2D eigenvalue weighted by atomic mass is 19.1. The van der Waals surface area contributed by atoms with E-state index in [1.807, 2.05) is 0 Å². The Morgan fingerprint density at radius 3 is 2.52 bits per heavy atom. The molecule has 0 aliphatic heterocycles. The highest BCUT2D eigenvalue weighted by molar-refractivity contribution is 6.39. The van der Waals surface area contributed by atoms with Gasteiger partial charge < -0.3 is 19.1 Å². The molecule has 0 unspecified atom stereocenters. The second kappa shape index (κ2) is 12.3. The van der Waals surface area contributed by atoms with Gasteiger partial charge in [0.25, 0.3) is 0 Å². The van der Waals surface area contributed by atoms with Crippen LogP contribution in [0.5, 0.6) is 5.88 Å². The van der Waals surface area contributed by atoms with E-state index in [2.05, 4.69) is 9.97 Å². The lowest BCUT2D eigenvalue weighted by atomic mass is 9.61. The number of pyridine rings is 1. The zero-order valence-corrected chi connectivity index (χ0v) is 23.2. The van der Waals surface area contributed by atoms with Crippen molar-refractivity contribution < 1.29 is 32.5 Å². The van der Waals surface area contributed by atoms with E-state index in [0.29, 0.717) is 23.4 Å². The fourth-order valence-electron chi connectivity index (χ4n) is 4.71. The molecular weight excluding hydrogens is 571 g/mol. The van der Waals surface area contributed by atoms with Gasteiger partial charge >= 0.3 is 5.97 Å². The molecule has 3 aromatic carbocycles. The number of aromatic nitrogens is 3. The molecule has 2 heterocycles. The quantitative estimate of drug-likeness (QED) is 0.231. The highest BCUT2D eigenvalue weighted by Crippen LogP contribution is 2.30. The number of ether oxygens (including phenoxy) is 2. The normalized spacial score (nSPS) is 11.4. The number of fused-ring (bicyclic) bond motifs is 1. The van der Waals surface area contributed by atoms with Crippen molar-refractivity contribution in [1.82, 2.24) is 14.5 Å². The van der Waals surface area contributed by atoms with Gasteiger partial charge in [-0.25, -0.2) is 27.9 Å². The average Bonchev–Trinajstić information content (AvgIpc) is 3.33. The van der Waals surface area contributed by atoms with Gasteiger partial charge in [-0.1, -0.05) is 12.1 Å². The fraction of sp³-hybridized carbons (Fsp3) is 0.161. The molecule has 5 rings (SSSR count). The first-order valence-corrected chi connectivity index (χ1v) is 13.1. The van der Waals surface area contributed by atoms with Crippen molar-refractivity contribution in [2.45, 2.75) is 18.4 Å². The number of carbonyl (C=O) groups is 1. The van der Waals surface area contributed by atoms with Crippen LogP contribution in [0.2, 0.25) is 0 Å². The smallest absolute Gasteiger partial charge is 0.335 e. The third-order valence-electron chi connectivity index (χ3n) is 6.87. The number of halogens is 3. The summed E-state index contributed by atoms with van der Waals surface area (Å²) in [6, 6.07) is 16.0. The van der Waals surface area contributed by atoms with Crippen LogP contribution < -0.4 is 4.74 Å². The van der Waals surface area contributed by atoms with E-state index in [9.17, 15) is 14.3 Å². The molecule has 0 aliphatic rings. The van der Waals surface area contributed by atoms with E-state index in [1.165, 1.54) is 49.6 Å². The van der Waals surface area contributed by atoms with Crippen LogP contribution in [-0.2, 0) is 23.1 Å². The number of hydrogen-bond acceptors (Lipinski definition) is 6. The fourth-order valence-corrected chi connectivity index (χ4v) is 4.71. The maximum atomic E-state index is 15.4. The summed E-state index contributed by atoms with van der Waals surface area (Å²) in [7, 11) is 13.5. The second-order valence-electron chi connectivity index (χ2n) is 9.84. The average molecular weight is 592 g/mol. The van der Waals surface area contributed by atoms with E-state index in [4.69, 9.17) is 30.4 Å². The van der Waals surface area contributed by atoms with Crippen molar-refractivity contribution in [2.75, 3.05) is 13.7 Å². The summed E-state index contributed by atoms with van der Waals surface area (Å²) in [5.41, 5.74) is 0.707. The Hall–Kier alpha value is -5.08. The molecule has 5 aromatic rings. The number of carboxylic acid groups (broad SMARTS) is 1. The zero-order valence-electron chi connectivity index (χ0n) is 23.2. The van der Waals surface area contributed by atoms with Gasteiger partial charge in [-0.3, -0.25) is 0 Å². The summed E-state index contributed by atoms with van der Waals surface area (Å²) in [5.74, 6) is -3.30. The molecule has 1 N–H and O–H groups in total. The first-order chi connectivity index (χ1) is 21.0. The van der Waals surface area contributed by atoms with Crippen LogP contribution in [0.1, 0.15) is 32.9 Å². The molecule has 0 amide bonds. The number of nitrogens with zero attached hydrogens (tertiary/aromatic N) is 4. The van der Waals surface area contributed by atoms with Crippen LogP contribution in [0, 0.1) is 28.8 Å². The standard InChI is InChI=1S/C31H21B2F3N4O4/c1-43-10-9-40-27-13-18(30(41)42)6-8-26(27)38-28(40)14-19-12-23(35)20(15-22(19)34)25-3-2-4-29(39-25)44-31(32,33)21-7-5-17(16-37)11-24(21)36/h2-8,11-13,15H,9-10,14H2,1H3,(H,41,42). The van der Waals surface area contributed by atoms with Gasteiger partial charge in [0.15, 0.2) is 0 Å². The molecule has 0 spiro atoms. The van der Waals surface area contributed by atoms with Crippen LogP contribution in [0.15, 0.2) is 66.7 Å². The van der Waals surface area contributed by atoms with E-state index in [-0.39, 0.29) is 52.4 Å². The summed E-state index contributed by atoms with van der Waals surface area (Å²) in [4.78, 5) is 20.2. The molecule has 2 aromatic heterocycles. The maximum Gasteiger partial charge on any atom is 0.335 e. The van der Waals surface area contributed by atoms with Gasteiger partial charge in [-0.15, -0.1) is 0 Å². The number of aromatic carboxylic acids is 1. The van der Waals surface area contributed by atoms with Gasteiger partial charge in [0.05, 0.1) is 45.9 Å². The summed E-state index contributed by atoms with van der Waals surface area (Å²) < 4.78 is 57.8. The molecule has 216 valence electrons. The van der Waals surface area contributed by atoms with E-state index in [0.717, 1.165) is 18.2 Å². The predicted octanol–water partition coefficient (Wildman–Crippen LogP) is 4.85. The largest absolute Gasteiger partial charge is 0.487 e. The van der Waals surface area contributed by atoms with Crippen molar-refractivity contribution in [3.05, 3.63) is 112 Å². The Labute approximate surface area is 252 Å². The van der Waals surface area contributed by atoms with E-state index >= 15 is 8.78 Å². The minimum absolute atomic E-state index is 0.00455. The highest BCUT2D eigenvalue weighted by Gasteiger charge is 2.26. The number of imidazole rings is 1. The predicted molar refractivity (Wildman–Crippen MR) is 156 cm³/mol. The Kier molecular flexibility index (Phi) is 8.47. The number of rotatable bonds is 10. The molecule has 0 saturated carbocycles. The molecular formula is C31H21B2F3N4O4. The summed E-state index contributed by atoms with van der Waals surface area (Å²) in [5, 5.41) is 16.2. The van der Waals surface area contributed by atoms with Gasteiger partial charge in [0.1, 0.15) is 39.0 Å². The van der Waals surface area contributed by atoms with Gasteiger partial charge in [-0.2, -0.15) is 5.26 Å². The van der Waals surface area contributed by atoms with Gasteiger partial charge in [0, 0.05) is 37.3 Å². The lowest BCUT2D eigenvalue weighted by Gasteiger charge is -2.28. The minimum atomic E-state index is -2.20. The molecule has 0 atom stereocenters. The molecule has 0 fully saturated rings. The third-order valence-corrected chi connectivity index (χ3v) is 6.87. The summed E-state index contributed by atoms with van der Waals surface area (Å²) in [6.45, 7) is 0.584. The second-order valence-corrected chi connectivity index (χ2v) is 9.84. The molecule has 8 nitrogen and oxygen atoms in total. The number of carboxylic acids is 1. The van der Waals surface area contributed by atoms with Crippen molar-refractivity contribution in [3.8, 4) is 23.2 Å². The Bertz CT molecular complexity index is 1940. The summed E-state index contributed by atoms with van der Waals surface area (Å²) in [6.07, 6.45) is -0.0978. The number of hydrogen-bond donors (Lipinski definition) is 1. The molecule has 0 aliphatic carbocycles. The van der Waals surface area contributed by atoms with E-state index in [1.54, 1.807) is 16.7 Å². The number of methoxy groups -OCH3 is 1. The van der Waals surface area contributed by atoms with Crippen molar-refractivity contribution in [3.63, 3.8) is 0 Å². The molecule has 0 saturated heterocycles. The van der Waals surface area contributed by atoms with Crippen molar-refractivity contribution in [2.24, 2.45) is 0 Å². The van der Waals surface area contributed by atoms with Gasteiger partial charge in [0.2, 0.25) is 5.88 Å². The van der Waals surface area contributed by atoms with Crippen LogP contribution in [0.3, 0.4) is 0 Å². The maximum absolute atomic E-state index is 15.4. The van der Waals surface area contributed by atoms with Crippen molar-refractivity contribution in [1.29, 1.82) is 5.26 Å². The zero-order chi connectivity index (χ0) is 31.6. The van der Waals surface area contributed by atoms with Crippen LogP contribution >= 0.6 is 0 Å². The number of benzene rings is 3. The van der Waals surface area contributed by atoms with Gasteiger partial charge in [-0.05, 0) is 54.1 Å². The van der Waals surface area contributed by atoms with Crippen LogP contribution in [-0.4, -0.2) is 55.0 Å². The molecule has 0 bridgehead atoms. The minimum Gasteiger partial charge on any atom is -0.487 e. The Morgan fingerprint density at radius 2 is 1.82 bits per heavy atom. The first kappa shape index (κ1) is 30.4. The molecule has 13 heteroatoms. The van der Waals surface area contributed by atoms with Crippen molar-refractivity contribution >= 4 is 32.7 Å². The summed E-state index contributed by atoms with van der Waals surface area (Å²) >= 11 is 0. The first-order valence-electron chi connectivity index (χ1n) is 13.1. The lowest BCUT2D eigenvalue weighted by Crippen LogP contribution is -2.35. The molecule has 4 radical (unpaired) electrons. The Balaban J connectivity index is 1.44. The lowest BCUT2D eigenvalue weighted by molar-refractivity contribution is 0.0697. The monoisotopic (exact) mass is 592 g/mol. The van der Waals surface area contributed by atoms with Crippen LogP contribution in [0.4, 0.5) is 13.2 Å². The number of nitriles is 1.